The molecule has 4 amide bonds. The Morgan fingerprint density at radius 3 is 2.29 bits per heavy atom. The van der Waals surface area contributed by atoms with E-state index in [0.29, 0.717) is 28.1 Å². The molecule has 1 saturated carbocycles. The quantitative estimate of drug-likeness (QED) is 0.0914. The maximum absolute atomic E-state index is 15.3. The summed E-state index contributed by atoms with van der Waals surface area (Å²) < 4.78 is 65.3. The SMILES string of the molecule is O=C1C2CC3C(=CCC4C(=O)N(c5ccc(-c6nc7ccccc7o6)cc5)C(=O)C43)C(c3cc(OC(F)(F)F)ccc3O)C2(c2ccc(Cl)cc2)C(=O)N1Nc1ccc(F)cc1. The van der Waals surface area contributed by atoms with Crippen LogP contribution in [0.3, 0.4) is 0 Å². The van der Waals surface area contributed by atoms with Gasteiger partial charge in [0, 0.05) is 22.1 Å². The van der Waals surface area contributed by atoms with Gasteiger partial charge in [-0.25, -0.2) is 9.37 Å². The number of nitrogens with one attached hydrogen (secondary N) is 1. The van der Waals surface area contributed by atoms with Gasteiger partial charge in [-0.3, -0.25) is 29.5 Å². The molecule has 11 nitrogen and oxygen atoms in total. The number of phenolic OH excluding ortho intramolecular Hbond substituents is 1. The van der Waals surface area contributed by atoms with Crippen molar-refractivity contribution in [2.75, 3.05) is 10.3 Å². The van der Waals surface area contributed by atoms with Crippen LogP contribution in [0.25, 0.3) is 22.6 Å². The van der Waals surface area contributed by atoms with E-state index in [4.69, 9.17) is 16.0 Å². The summed E-state index contributed by atoms with van der Waals surface area (Å²) >= 11 is 6.33. The lowest BCUT2D eigenvalue weighted by Gasteiger charge is -2.50. The highest BCUT2D eigenvalue weighted by Crippen LogP contribution is 2.65. The number of fused-ring (bicyclic) bond motifs is 5. The number of phenols is 1. The Morgan fingerprint density at radius 2 is 1.58 bits per heavy atom. The number of aromatic hydroxyl groups is 1. The van der Waals surface area contributed by atoms with Crippen LogP contribution in [0.5, 0.6) is 11.5 Å². The number of benzene rings is 5. The van der Waals surface area contributed by atoms with Crippen LogP contribution in [0.1, 0.15) is 29.9 Å². The molecule has 5 aromatic carbocycles. The van der Waals surface area contributed by atoms with Gasteiger partial charge in [-0.2, -0.15) is 5.01 Å². The van der Waals surface area contributed by atoms with Crippen molar-refractivity contribution < 1.29 is 51.0 Å². The number of oxazole rings is 1. The second-order valence-corrected chi connectivity index (χ2v) is 16.1. The number of amides is 4. The number of imide groups is 2. The number of anilines is 2. The molecule has 6 unspecified atom stereocenters. The number of aromatic nitrogens is 1. The van der Waals surface area contributed by atoms with Crippen LogP contribution in [0.15, 0.2) is 131 Å². The Labute approximate surface area is 354 Å². The summed E-state index contributed by atoms with van der Waals surface area (Å²) in [5.41, 5.74) is 3.54. The van der Waals surface area contributed by atoms with Gasteiger partial charge in [0.15, 0.2) is 5.58 Å². The standard InChI is InChI=1S/C46H31ClF4N4O7/c47-25-9-7-24(8-10-25)45-34(42(58)55(44(45)60)53-27-13-11-26(48)12-14-27)22-32-30(39(45)33-21-29(17-20-36(33)56)62-46(49,50)51)18-19-31-38(32)43(59)54(41(31)57)28-15-5-23(6-16-28)40-52-35-3-1-2-4-37(35)61-40/h1-18,20-21,31-32,34,38-39,53,56H,19,22H2. The third kappa shape index (κ3) is 6.12. The van der Waals surface area contributed by atoms with E-state index >= 15 is 4.79 Å². The van der Waals surface area contributed by atoms with E-state index in [1.165, 1.54) is 36.4 Å². The van der Waals surface area contributed by atoms with Crippen molar-refractivity contribution >= 4 is 57.7 Å². The number of hydrazine groups is 1. The zero-order chi connectivity index (χ0) is 43.2. The highest BCUT2D eigenvalue weighted by atomic mass is 35.5. The average molecular weight is 863 g/mol. The van der Waals surface area contributed by atoms with Crippen LogP contribution in [0.2, 0.25) is 5.02 Å². The van der Waals surface area contributed by atoms with Gasteiger partial charge in [-0.1, -0.05) is 47.5 Å². The molecule has 62 heavy (non-hydrogen) atoms. The fourth-order valence-electron chi connectivity index (χ4n) is 9.96. The lowest BCUT2D eigenvalue weighted by Crippen LogP contribution is -2.53. The molecule has 6 atom stereocenters. The Balaban J connectivity index is 1.10. The van der Waals surface area contributed by atoms with Crippen molar-refractivity contribution in [3.63, 3.8) is 0 Å². The molecule has 0 spiro atoms. The van der Waals surface area contributed by atoms with Crippen LogP contribution in [-0.4, -0.2) is 45.1 Å². The van der Waals surface area contributed by atoms with Crippen molar-refractivity contribution in [1.29, 1.82) is 0 Å². The van der Waals surface area contributed by atoms with E-state index < -0.39 is 82.3 Å². The van der Waals surface area contributed by atoms with E-state index in [1.807, 2.05) is 12.1 Å². The summed E-state index contributed by atoms with van der Waals surface area (Å²) in [6, 6.07) is 27.6. The molecule has 2 aliphatic carbocycles. The minimum atomic E-state index is -5.13. The molecule has 2 saturated heterocycles. The zero-order valence-corrected chi connectivity index (χ0v) is 32.7. The van der Waals surface area contributed by atoms with Gasteiger partial charge in [0.05, 0.1) is 34.5 Å². The average Bonchev–Trinajstić information content (AvgIpc) is 3.86. The maximum atomic E-state index is 15.3. The fourth-order valence-corrected chi connectivity index (χ4v) is 10.1. The van der Waals surface area contributed by atoms with E-state index in [9.17, 15) is 37.1 Å². The summed E-state index contributed by atoms with van der Waals surface area (Å²) in [6.07, 6.45) is -3.59. The molecule has 1 aromatic heterocycles. The van der Waals surface area contributed by atoms with E-state index in [2.05, 4.69) is 15.1 Å². The van der Waals surface area contributed by atoms with Crippen LogP contribution < -0.4 is 15.1 Å². The van der Waals surface area contributed by atoms with Crippen LogP contribution in [-0.2, 0) is 24.6 Å². The molecule has 0 radical (unpaired) electrons. The first-order valence-corrected chi connectivity index (χ1v) is 19.9. The second kappa shape index (κ2) is 14.3. The molecule has 2 aliphatic heterocycles. The number of halogens is 5. The van der Waals surface area contributed by atoms with Gasteiger partial charge >= 0.3 is 6.36 Å². The minimum absolute atomic E-state index is 0.00435. The molecule has 16 heteroatoms. The predicted octanol–water partition coefficient (Wildman–Crippen LogP) is 9.08. The molecule has 3 heterocycles. The first-order valence-electron chi connectivity index (χ1n) is 19.5. The predicted molar refractivity (Wildman–Crippen MR) is 216 cm³/mol. The number of allylic oxidation sites excluding steroid dienone is 2. The van der Waals surface area contributed by atoms with Gasteiger partial charge < -0.3 is 14.3 Å². The molecule has 0 bridgehead atoms. The van der Waals surface area contributed by atoms with Crippen LogP contribution in [0.4, 0.5) is 28.9 Å². The Bertz CT molecular complexity index is 2830. The molecule has 3 fully saturated rings. The number of carbonyl (C=O) groups excluding carboxylic acids is 4. The Kier molecular flexibility index (Phi) is 9.03. The molecule has 4 aliphatic rings. The molecule has 10 rings (SSSR count). The number of para-hydroxylation sites is 2. The zero-order valence-electron chi connectivity index (χ0n) is 32.0. The minimum Gasteiger partial charge on any atom is -0.508 e. The number of hydrogen-bond donors (Lipinski definition) is 2. The number of nitrogens with zero attached hydrogens (tertiary/aromatic N) is 3. The first kappa shape index (κ1) is 39.2. The second-order valence-electron chi connectivity index (χ2n) is 15.7. The van der Waals surface area contributed by atoms with Gasteiger partial charge in [-0.15, -0.1) is 13.2 Å². The van der Waals surface area contributed by atoms with E-state index in [-0.39, 0.29) is 40.4 Å². The van der Waals surface area contributed by atoms with Gasteiger partial charge in [0.2, 0.25) is 17.7 Å². The third-order valence-electron chi connectivity index (χ3n) is 12.5. The Morgan fingerprint density at radius 1 is 0.855 bits per heavy atom. The largest absolute Gasteiger partial charge is 0.573 e. The first-order chi connectivity index (χ1) is 29.7. The number of ether oxygens (including phenoxy) is 1. The fraction of sp³-hybridized carbons (Fsp3) is 0.196. The molecule has 6 aromatic rings. The molecular weight excluding hydrogens is 832 g/mol. The molecule has 2 N–H and O–H groups in total. The van der Waals surface area contributed by atoms with Crippen molar-refractivity contribution in [3.8, 4) is 23.0 Å². The summed E-state index contributed by atoms with van der Waals surface area (Å²) in [5, 5.41) is 12.7. The third-order valence-corrected chi connectivity index (χ3v) is 12.7. The molecule has 312 valence electrons. The number of rotatable bonds is 7. The van der Waals surface area contributed by atoms with Crippen LogP contribution >= 0.6 is 11.6 Å². The smallest absolute Gasteiger partial charge is 0.508 e. The topological polar surface area (TPSA) is 142 Å². The number of alkyl halides is 3. The Hall–Kier alpha value is -7.00. The summed E-state index contributed by atoms with van der Waals surface area (Å²) in [5.74, 6) is -9.71. The van der Waals surface area contributed by atoms with Crippen LogP contribution in [0, 0.1) is 29.5 Å². The number of hydrogen-bond acceptors (Lipinski definition) is 9. The highest BCUT2D eigenvalue weighted by molar-refractivity contribution is 6.30. The van der Waals surface area contributed by atoms with Gasteiger partial charge in [0.25, 0.3) is 11.8 Å². The summed E-state index contributed by atoms with van der Waals surface area (Å²) in [7, 11) is 0. The monoisotopic (exact) mass is 862 g/mol. The maximum Gasteiger partial charge on any atom is 0.573 e. The lowest BCUT2D eigenvalue weighted by atomic mass is 9.49. The van der Waals surface area contributed by atoms with Crippen molar-refractivity contribution in [2.24, 2.45) is 23.7 Å². The van der Waals surface area contributed by atoms with E-state index in [0.717, 1.165) is 40.2 Å². The summed E-state index contributed by atoms with van der Waals surface area (Å²) in [4.78, 5) is 65.0. The van der Waals surface area contributed by atoms with Crippen molar-refractivity contribution in [2.45, 2.75) is 30.5 Å². The van der Waals surface area contributed by atoms with Crippen molar-refractivity contribution in [3.05, 3.63) is 149 Å². The van der Waals surface area contributed by atoms with Gasteiger partial charge in [-0.05, 0) is 115 Å². The lowest BCUT2D eigenvalue weighted by molar-refractivity contribution is -0.274. The molecular formula is C46H31ClF4N4O7. The normalized spacial score (nSPS) is 24.5. The number of carbonyl (C=O) groups is 4. The van der Waals surface area contributed by atoms with Crippen molar-refractivity contribution in [1.82, 2.24) is 9.99 Å². The van der Waals surface area contributed by atoms with Gasteiger partial charge in [0.1, 0.15) is 22.8 Å². The van der Waals surface area contributed by atoms with E-state index in [1.54, 1.807) is 42.5 Å². The highest BCUT2D eigenvalue weighted by Gasteiger charge is 2.70. The summed E-state index contributed by atoms with van der Waals surface area (Å²) in [6.45, 7) is 0.